The van der Waals surface area contributed by atoms with E-state index in [1.165, 1.54) is 17.7 Å². The van der Waals surface area contributed by atoms with E-state index >= 15 is 0 Å². The molecule has 1 atom stereocenters. The summed E-state index contributed by atoms with van der Waals surface area (Å²) in [6, 6.07) is 14.2. The quantitative estimate of drug-likeness (QED) is 0.520. The number of benzene rings is 2. The Balaban J connectivity index is 1.64. The molecule has 1 heterocycles. The van der Waals surface area contributed by atoms with Crippen LogP contribution < -0.4 is 10.9 Å². The van der Waals surface area contributed by atoms with Gasteiger partial charge in [-0.15, -0.1) is 0 Å². The minimum Gasteiger partial charge on any atom is -0.506 e. The van der Waals surface area contributed by atoms with Gasteiger partial charge in [0.15, 0.2) is 0 Å². The fourth-order valence-corrected chi connectivity index (χ4v) is 2.84. The lowest BCUT2D eigenvalue weighted by Crippen LogP contribution is -2.24. The van der Waals surface area contributed by atoms with Crippen molar-refractivity contribution < 1.29 is 10.2 Å². The Morgan fingerprint density at radius 2 is 1.84 bits per heavy atom. The van der Waals surface area contributed by atoms with E-state index in [9.17, 15) is 15.0 Å². The lowest BCUT2D eigenvalue weighted by Gasteiger charge is -2.15. The maximum absolute atomic E-state index is 11.4. The number of aromatic nitrogens is 1. The lowest BCUT2D eigenvalue weighted by molar-refractivity contribution is 0.176. The van der Waals surface area contributed by atoms with Gasteiger partial charge in [-0.3, -0.25) is 4.79 Å². The van der Waals surface area contributed by atoms with Crippen molar-refractivity contribution in [1.29, 1.82) is 0 Å². The minimum absolute atomic E-state index is 0.00882. The summed E-state index contributed by atoms with van der Waals surface area (Å²) in [4.78, 5) is 14.0. The highest BCUT2D eigenvalue weighted by atomic mass is 16.3. The van der Waals surface area contributed by atoms with Gasteiger partial charge >= 0.3 is 0 Å². The number of nitrogens with one attached hydrogen (secondary N) is 2. The van der Waals surface area contributed by atoms with Crippen LogP contribution in [0, 0.1) is 6.92 Å². The minimum atomic E-state index is -0.740. The summed E-state index contributed by atoms with van der Waals surface area (Å²) in [6.45, 7) is 4.98. The fraction of sp³-hybridized carbons (Fsp3) is 0.200. The van der Waals surface area contributed by atoms with Crippen molar-refractivity contribution in [3.05, 3.63) is 82.5 Å². The maximum Gasteiger partial charge on any atom is 0.248 e. The highest BCUT2D eigenvalue weighted by Gasteiger charge is 2.13. The van der Waals surface area contributed by atoms with Crippen LogP contribution in [-0.2, 0) is 6.42 Å². The van der Waals surface area contributed by atoms with Crippen molar-refractivity contribution in [1.82, 2.24) is 10.3 Å². The van der Waals surface area contributed by atoms with Crippen molar-refractivity contribution in [2.24, 2.45) is 0 Å². The number of pyridine rings is 1. The van der Waals surface area contributed by atoms with Crippen LogP contribution in [0.4, 0.5) is 0 Å². The topological polar surface area (TPSA) is 85.3 Å². The zero-order chi connectivity index (χ0) is 17.8. The van der Waals surface area contributed by atoms with Crippen LogP contribution in [0.5, 0.6) is 5.75 Å². The summed E-state index contributed by atoms with van der Waals surface area (Å²) in [6.07, 6.45) is 0.118. The number of aromatic amines is 1. The van der Waals surface area contributed by atoms with E-state index in [1.807, 2.05) is 24.3 Å². The van der Waals surface area contributed by atoms with Crippen molar-refractivity contribution in [2.75, 3.05) is 13.1 Å². The number of fused-ring (bicyclic) bond motifs is 1. The van der Waals surface area contributed by atoms with E-state index < -0.39 is 6.10 Å². The molecule has 1 radical (unpaired) electrons. The summed E-state index contributed by atoms with van der Waals surface area (Å²) in [5.41, 5.74) is 2.92. The predicted molar refractivity (Wildman–Crippen MR) is 98.7 cm³/mol. The molecule has 3 rings (SSSR count). The fourth-order valence-electron chi connectivity index (χ4n) is 2.84. The summed E-state index contributed by atoms with van der Waals surface area (Å²) in [5, 5.41) is 24.2. The smallest absolute Gasteiger partial charge is 0.248 e. The second-order valence-electron chi connectivity index (χ2n) is 6.07. The Hall–Kier alpha value is -2.63. The van der Waals surface area contributed by atoms with Crippen LogP contribution in [0.1, 0.15) is 22.8 Å². The zero-order valence-corrected chi connectivity index (χ0v) is 13.8. The first kappa shape index (κ1) is 17.2. The second kappa shape index (κ2) is 7.51. The largest absolute Gasteiger partial charge is 0.506 e. The van der Waals surface area contributed by atoms with E-state index in [-0.39, 0.29) is 11.3 Å². The van der Waals surface area contributed by atoms with E-state index in [4.69, 9.17) is 0 Å². The zero-order valence-electron chi connectivity index (χ0n) is 13.8. The molecule has 0 unspecified atom stereocenters. The number of phenols is 1. The van der Waals surface area contributed by atoms with Crippen LogP contribution in [0.25, 0.3) is 10.9 Å². The molecular formula is C20H21N2O3. The number of H-pyrrole nitrogens is 1. The number of phenolic OH excluding ortho intramolecular Hbond substituents is 1. The molecule has 0 aliphatic rings. The monoisotopic (exact) mass is 337 g/mol. The van der Waals surface area contributed by atoms with Gasteiger partial charge in [0.1, 0.15) is 5.75 Å². The third kappa shape index (κ3) is 4.07. The number of aliphatic hydroxyl groups is 1. The summed E-state index contributed by atoms with van der Waals surface area (Å²) < 4.78 is 0. The SMILES string of the molecule is [CH2]c1ccc(CCNC[C@@H](O)c2ccc(O)c3[nH]c(=O)ccc23)cc1. The molecule has 129 valence electrons. The second-order valence-corrected chi connectivity index (χ2v) is 6.07. The molecule has 5 nitrogen and oxygen atoms in total. The van der Waals surface area contributed by atoms with Gasteiger partial charge in [-0.25, -0.2) is 0 Å². The molecule has 4 N–H and O–H groups in total. The number of hydrogen-bond acceptors (Lipinski definition) is 4. The Morgan fingerprint density at radius 1 is 1.08 bits per heavy atom. The van der Waals surface area contributed by atoms with Gasteiger partial charge in [0.25, 0.3) is 0 Å². The van der Waals surface area contributed by atoms with Gasteiger partial charge in [-0.1, -0.05) is 30.3 Å². The molecular weight excluding hydrogens is 316 g/mol. The van der Waals surface area contributed by atoms with Gasteiger partial charge in [-0.05, 0) is 48.7 Å². The van der Waals surface area contributed by atoms with Crippen LogP contribution >= 0.6 is 0 Å². The molecule has 0 saturated heterocycles. The number of rotatable bonds is 6. The number of aromatic hydroxyl groups is 1. The molecule has 3 aromatic rings. The Morgan fingerprint density at radius 3 is 2.60 bits per heavy atom. The highest BCUT2D eigenvalue weighted by Crippen LogP contribution is 2.28. The van der Waals surface area contributed by atoms with Crippen LogP contribution in [0.3, 0.4) is 0 Å². The predicted octanol–water partition coefficient (Wildman–Crippen LogP) is 2.28. The number of aliphatic hydroxyl groups excluding tert-OH is 1. The first-order valence-corrected chi connectivity index (χ1v) is 8.19. The standard InChI is InChI=1S/C20H21N2O3/c1-13-2-4-14(5-3-13)10-11-21-12-18(24)15-6-8-17(23)20-16(15)7-9-19(25)22-20/h2-9,18,21,23-24H,1,10-12H2,(H,22,25)/t18-/m1/s1. The normalized spacial score (nSPS) is 12.4. The van der Waals surface area contributed by atoms with Gasteiger partial charge in [0, 0.05) is 18.0 Å². The van der Waals surface area contributed by atoms with Gasteiger partial charge in [0.2, 0.25) is 5.56 Å². The molecule has 0 spiro atoms. The molecule has 25 heavy (non-hydrogen) atoms. The van der Waals surface area contributed by atoms with Crippen molar-refractivity contribution in [3.63, 3.8) is 0 Å². The van der Waals surface area contributed by atoms with E-state index in [1.54, 1.807) is 12.1 Å². The highest BCUT2D eigenvalue weighted by molar-refractivity contribution is 5.87. The molecule has 0 fully saturated rings. The van der Waals surface area contributed by atoms with Crippen LogP contribution in [-0.4, -0.2) is 28.3 Å². The lowest BCUT2D eigenvalue weighted by atomic mass is 10.0. The van der Waals surface area contributed by atoms with Gasteiger partial charge in [-0.2, -0.15) is 0 Å². The van der Waals surface area contributed by atoms with Gasteiger partial charge in [0.05, 0.1) is 11.6 Å². The van der Waals surface area contributed by atoms with Crippen LogP contribution in [0.15, 0.2) is 53.3 Å². The molecule has 0 saturated carbocycles. The summed E-state index contributed by atoms with van der Waals surface area (Å²) in [7, 11) is 0. The van der Waals surface area contributed by atoms with Crippen molar-refractivity contribution in [2.45, 2.75) is 12.5 Å². The van der Waals surface area contributed by atoms with Crippen LogP contribution in [0.2, 0.25) is 0 Å². The van der Waals surface area contributed by atoms with E-state index in [0.717, 1.165) is 18.5 Å². The summed E-state index contributed by atoms with van der Waals surface area (Å²) in [5.74, 6) is -0.00882. The molecule has 0 aliphatic heterocycles. The maximum atomic E-state index is 11.4. The molecule has 0 aliphatic carbocycles. The Labute approximate surface area is 146 Å². The Bertz CT molecular complexity index is 916. The van der Waals surface area contributed by atoms with Crippen molar-refractivity contribution in [3.8, 4) is 5.75 Å². The Kier molecular flexibility index (Phi) is 5.16. The van der Waals surface area contributed by atoms with Gasteiger partial charge < -0.3 is 20.5 Å². The first-order chi connectivity index (χ1) is 12.0. The van der Waals surface area contributed by atoms with E-state index in [2.05, 4.69) is 17.2 Å². The average Bonchev–Trinajstić information content (AvgIpc) is 2.61. The van der Waals surface area contributed by atoms with Crippen molar-refractivity contribution >= 4 is 10.9 Å². The number of hydrogen-bond donors (Lipinski definition) is 4. The third-order valence-electron chi connectivity index (χ3n) is 4.22. The summed E-state index contributed by atoms with van der Waals surface area (Å²) >= 11 is 0. The average molecular weight is 337 g/mol. The molecule has 0 bridgehead atoms. The third-order valence-corrected chi connectivity index (χ3v) is 4.22. The van der Waals surface area contributed by atoms with E-state index in [0.29, 0.717) is 23.0 Å². The molecule has 5 heteroatoms. The first-order valence-electron chi connectivity index (χ1n) is 8.19. The molecule has 0 amide bonds. The molecule has 2 aromatic carbocycles. The molecule has 1 aromatic heterocycles.